The van der Waals surface area contributed by atoms with Crippen molar-refractivity contribution in [2.24, 2.45) is 0 Å². The van der Waals surface area contributed by atoms with E-state index in [2.05, 4.69) is 26.1 Å². The van der Waals surface area contributed by atoms with Crippen molar-refractivity contribution >= 4 is 37.4 Å². The van der Waals surface area contributed by atoms with E-state index in [1.54, 1.807) is 0 Å². The maximum atomic E-state index is 12.0. The molecular formula is C15H21BrN2O3S. The van der Waals surface area contributed by atoms with Crippen LogP contribution in [0.1, 0.15) is 19.8 Å². The van der Waals surface area contributed by atoms with Crippen molar-refractivity contribution in [3.8, 4) is 0 Å². The third kappa shape index (κ3) is 5.07. The summed E-state index contributed by atoms with van der Waals surface area (Å²) in [6.07, 6.45) is 1.03. The van der Waals surface area contributed by atoms with Gasteiger partial charge in [-0.25, -0.2) is 8.42 Å². The number of carbonyl (C=O) groups is 1. The topological polar surface area (TPSA) is 66.5 Å². The predicted octanol–water partition coefficient (Wildman–Crippen LogP) is 2.29. The Morgan fingerprint density at radius 3 is 2.82 bits per heavy atom. The molecule has 0 radical (unpaired) electrons. The fourth-order valence-corrected chi connectivity index (χ4v) is 4.86. The highest BCUT2D eigenvalue weighted by Crippen LogP contribution is 2.18. The second-order valence-corrected chi connectivity index (χ2v) is 8.64. The first-order valence-corrected chi connectivity index (χ1v) is 10.0. The molecule has 0 bridgehead atoms. The molecule has 1 saturated heterocycles. The summed E-state index contributed by atoms with van der Waals surface area (Å²) in [6.45, 7) is 3.33. The average molecular weight is 389 g/mol. The second kappa shape index (κ2) is 7.57. The highest BCUT2D eigenvalue weighted by molar-refractivity contribution is 9.10. The van der Waals surface area contributed by atoms with Crippen LogP contribution in [-0.2, 0) is 14.6 Å². The van der Waals surface area contributed by atoms with Gasteiger partial charge in [-0.2, -0.15) is 0 Å². The molecule has 0 aliphatic carbocycles. The lowest BCUT2D eigenvalue weighted by atomic mass is 10.2. The Labute approximate surface area is 140 Å². The van der Waals surface area contributed by atoms with Crippen molar-refractivity contribution in [3.63, 3.8) is 0 Å². The zero-order valence-corrected chi connectivity index (χ0v) is 15.0. The maximum Gasteiger partial charge on any atom is 0.225 e. The van der Waals surface area contributed by atoms with Crippen LogP contribution in [0.15, 0.2) is 28.7 Å². The van der Waals surface area contributed by atoms with Crippen molar-refractivity contribution < 1.29 is 13.2 Å². The Morgan fingerprint density at radius 2 is 2.23 bits per heavy atom. The molecular weight excluding hydrogens is 368 g/mol. The number of sulfone groups is 1. The first-order valence-electron chi connectivity index (χ1n) is 7.39. The molecule has 0 spiro atoms. The number of carbonyl (C=O) groups excluding carboxylic acids is 1. The summed E-state index contributed by atoms with van der Waals surface area (Å²) in [6, 6.07) is 7.49. The van der Waals surface area contributed by atoms with Gasteiger partial charge >= 0.3 is 0 Å². The first kappa shape index (κ1) is 17.4. The van der Waals surface area contributed by atoms with Gasteiger partial charge in [0.25, 0.3) is 0 Å². The smallest absolute Gasteiger partial charge is 0.225 e. The fourth-order valence-electron chi connectivity index (χ4n) is 2.70. The zero-order valence-electron chi connectivity index (χ0n) is 12.6. The summed E-state index contributed by atoms with van der Waals surface area (Å²) < 4.78 is 24.0. The van der Waals surface area contributed by atoms with Gasteiger partial charge in [-0.05, 0) is 31.2 Å². The van der Waals surface area contributed by atoms with Crippen molar-refractivity contribution in [2.45, 2.75) is 25.8 Å². The molecule has 5 nitrogen and oxygen atoms in total. The van der Waals surface area contributed by atoms with Gasteiger partial charge in [0.1, 0.15) is 0 Å². The Morgan fingerprint density at radius 1 is 1.45 bits per heavy atom. The number of hydrogen-bond acceptors (Lipinski definition) is 4. The summed E-state index contributed by atoms with van der Waals surface area (Å²) in [5, 5.41) is 2.86. The van der Waals surface area contributed by atoms with Crippen molar-refractivity contribution in [1.29, 1.82) is 0 Å². The van der Waals surface area contributed by atoms with Crippen LogP contribution in [0.25, 0.3) is 0 Å². The molecule has 1 fully saturated rings. The normalized spacial score (nSPS) is 20.2. The predicted molar refractivity (Wildman–Crippen MR) is 91.7 cm³/mol. The number of amides is 1. The van der Waals surface area contributed by atoms with Gasteiger partial charge in [-0.3, -0.25) is 9.69 Å². The molecule has 22 heavy (non-hydrogen) atoms. The number of hydrogen-bond donors (Lipinski definition) is 1. The van der Waals surface area contributed by atoms with Gasteiger partial charge < -0.3 is 5.32 Å². The Bertz CT molecular complexity index is 633. The zero-order chi connectivity index (χ0) is 16.2. The number of benzene rings is 1. The average Bonchev–Trinajstić information content (AvgIpc) is 2.80. The third-order valence-electron chi connectivity index (χ3n) is 3.87. The van der Waals surface area contributed by atoms with Gasteiger partial charge in [0.15, 0.2) is 9.84 Å². The third-order valence-corrected chi connectivity index (χ3v) is 6.11. The van der Waals surface area contributed by atoms with Crippen LogP contribution in [0.3, 0.4) is 0 Å². The van der Waals surface area contributed by atoms with E-state index in [4.69, 9.17) is 0 Å². The van der Waals surface area contributed by atoms with Crippen molar-refractivity contribution in [2.75, 3.05) is 29.9 Å². The van der Waals surface area contributed by atoms with Gasteiger partial charge in [0.2, 0.25) is 5.91 Å². The van der Waals surface area contributed by atoms with Crippen LogP contribution in [-0.4, -0.2) is 49.9 Å². The van der Waals surface area contributed by atoms with Crippen molar-refractivity contribution in [1.82, 2.24) is 4.90 Å². The number of rotatable bonds is 6. The lowest BCUT2D eigenvalue weighted by Gasteiger charge is -2.26. The van der Waals surface area contributed by atoms with Crippen LogP contribution in [0, 0.1) is 0 Å². The molecule has 1 N–H and O–H groups in total. The summed E-state index contributed by atoms with van der Waals surface area (Å²) in [5.41, 5.74) is 0.755. The lowest BCUT2D eigenvalue weighted by molar-refractivity contribution is -0.116. The molecule has 1 amide bonds. The van der Waals surface area contributed by atoms with Crippen molar-refractivity contribution in [3.05, 3.63) is 28.7 Å². The van der Waals surface area contributed by atoms with E-state index in [9.17, 15) is 13.2 Å². The molecule has 7 heteroatoms. The standard InChI is InChI=1S/C15H21BrN2O3S/c1-2-18(14-7-9-22(20,21)11-14)8-6-15(19)17-13-5-3-4-12(16)10-13/h3-5,10,14H,2,6-9,11H2,1H3,(H,17,19). The molecule has 0 saturated carbocycles. The largest absolute Gasteiger partial charge is 0.326 e. The highest BCUT2D eigenvalue weighted by atomic mass is 79.9. The van der Waals surface area contributed by atoms with Crippen LogP contribution >= 0.6 is 15.9 Å². The fraction of sp³-hybridized carbons (Fsp3) is 0.533. The summed E-state index contributed by atoms with van der Waals surface area (Å²) in [5.74, 6) is 0.421. The van der Waals surface area contributed by atoms with Gasteiger partial charge in [-0.15, -0.1) is 0 Å². The first-order chi connectivity index (χ1) is 10.4. The Kier molecular flexibility index (Phi) is 6.00. The molecule has 1 aromatic carbocycles. The molecule has 1 aliphatic rings. The molecule has 1 aromatic rings. The van der Waals surface area contributed by atoms with Gasteiger partial charge in [0.05, 0.1) is 11.5 Å². The highest BCUT2D eigenvalue weighted by Gasteiger charge is 2.31. The minimum Gasteiger partial charge on any atom is -0.326 e. The quantitative estimate of drug-likeness (QED) is 0.811. The van der Waals surface area contributed by atoms with Gasteiger partial charge in [-0.1, -0.05) is 28.9 Å². The van der Waals surface area contributed by atoms with Crippen LogP contribution in [0.5, 0.6) is 0 Å². The minimum absolute atomic E-state index is 0.0497. The van der Waals surface area contributed by atoms with E-state index >= 15 is 0 Å². The maximum absolute atomic E-state index is 12.0. The molecule has 1 atom stereocenters. The van der Waals surface area contributed by atoms with E-state index in [1.807, 2.05) is 31.2 Å². The SMILES string of the molecule is CCN(CCC(=O)Nc1cccc(Br)c1)C1CCS(=O)(=O)C1. The van der Waals surface area contributed by atoms with Gasteiger partial charge in [0, 0.05) is 29.2 Å². The second-order valence-electron chi connectivity index (χ2n) is 5.49. The number of nitrogens with zero attached hydrogens (tertiary/aromatic N) is 1. The molecule has 0 aromatic heterocycles. The summed E-state index contributed by atoms with van der Waals surface area (Å²) in [4.78, 5) is 14.1. The minimum atomic E-state index is -2.89. The van der Waals surface area contributed by atoms with E-state index in [0.717, 1.165) is 16.7 Å². The summed E-state index contributed by atoms with van der Waals surface area (Å²) in [7, 11) is -2.89. The number of anilines is 1. The van der Waals surface area contributed by atoms with E-state index in [1.165, 1.54) is 0 Å². The van der Waals surface area contributed by atoms with E-state index < -0.39 is 9.84 Å². The number of halogens is 1. The molecule has 2 rings (SSSR count). The molecule has 1 heterocycles. The van der Waals surface area contributed by atoms with E-state index in [0.29, 0.717) is 19.4 Å². The summed E-state index contributed by atoms with van der Waals surface area (Å²) >= 11 is 3.36. The van der Waals surface area contributed by atoms with E-state index in [-0.39, 0.29) is 23.5 Å². The molecule has 122 valence electrons. The van der Waals surface area contributed by atoms with Crippen LogP contribution < -0.4 is 5.32 Å². The Hall–Kier alpha value is -0.920. The molecule has 1 aliphatic heterocycles. The van der Waals surface area contributed by atoms with Crippen LogP contribution in [0.4, 0.5) is 5.69 Å². The Balaban J connectivity index is 1.84. The lowest BCUT2D eigenvalue weighted by Crippen LogP contribution is -2.38. The monoisotopic (exact) mass is 388 g/mol. The molecule has 1 unspecified atom stereocenters. The van der Waals surface area contributed by atoms with Crippen LogP contribution in [0.2, 0.25) is 0 Å². The number of nitrogens with one attached hydrogen (secondary N) is 1.